The molecule has 2 rings (SSSR count). The highest BCUT2D eigenvalue weighted by atomic mass is 19.4. The lowest BCUT2D eigenvalue weighted by Gasteiger charge is -2.23. The lowest BCUT2D eigenvalue weighted by molar-refractivity contribution is -0.143. The van der Waals surface area contributed by atoms with Crippen molar-refractivity contribution in [2.45, 2.75) is 38.0 Å². The van der Waals surface area contributed by atoms with Crippen LogP contribution in [0.25, 0.3) is 0 Å². The van der Waals surface area contributed by atoms with Crippen LogP contribution in [0.5, 0.6) is 5.75 Å². The number of phenols is 1. The molecule has 1 aromatic rings. The fourth-order valence-corrected chi connectivity index (χ4v) is 2.86. The Bertz CT molecular complexity index is 464. The van der Waals surface area contributed by atoms with Crippen LogP contribution in [0.1, 0.15) is 31.4 Å². The standard InChI is InChI=1S/C15H21F3N2O/c1-2-13(12-5-3-4-6-14(12)21)19-11-7-8-20(9-11)10-15(16,17)18/h3-6,11,13,19,21H,2,7-10H2,1H3/t11-,13-/m0/s1. The number of nitrogens with zero attached hydrogens (tertiary/aromatic N) is 1. The van der Waals surface area contributed by atoms with Gasteiger partial charge >= 0.3 is 6.18 Å². The van der Waals surface area contributed by atoms with Gasteiger partial charge in [-0.2, -0.15) is 13.2 Å². The van der Waals surface area contributed by atoms with Crippen LogP contribution >= 0.6 is 0 Å². The van der Waals surface area contributed by atoms with Crippen molar-refractivity contribution in [1.82, 2.24) is 10.2 Å². The Kier molecular flexibility index (Phi) is 5.11. The molecule has 6 heteroatoms. The normalized spacial score (nSPS) is 21.6. The molecule has 1 aliphatic heterocycles. The molecule has 1 aliphatic rings. The van der Waals surface area contributed by atoms with Crippen molar-refractivity contribution >= 4 is 0 Å². The molecule has 2 atom stereocenters. The SMILES string of the molecule is CC[C@H](N[C@H]1CCN(CC(F)(F)F)C1)c1ccccc1O. The first kappa shape index (κ1) is 16.1. The number of phenolic OH excluding ortho intramolecular Hbond substituents is 1. The molecule has 3 nitrogen and oxygen atoms in total. The van der Waals surface area contributed by atoms with Gasteiger partial charge in [0, 0.05) is 30.7 Å². The van der Waals surface area contributed by atoms with E-state index in [0.29, 0.717) is 19.5 Å². The van der Waals surface area contributed by atoms with Crippen molar-refractivity contribution in [3.05, 3.63) is 29.8 Å². The van der Waals surface area contributed by atoms with Crippen molar-refractivity contribution in [1.29, 1.82) is 0 Å². The lowest BCUT2D eigenvalue weighted by atomic mass is 10.0. The lowest BCUT2D eigenvalue weighted by Crippen LogP contribution is -2.38. The molecule has 1 heterocycles. The van der Waals surface area contributed by atoms with E-state index in [0.717, 1.165) is 12.0 Å². The largest absolute Gasteiger partial charge is 0.508 e. The number of nitrogens with one attached hydrogen (secondary N) is 1. The van der Waals surface area contributed by atoms with E-state index >= 15 is 0 Å². The van der Waals surface area contributed by atoms with E-state index in [1.807, 2.05) is 19.1 Å². The Labute approximate surface area is 122 Å². The van der Waals surface area contributed by atoms with Gasteiger partial charge in [-0.3, -0.25) is 4.90 Å². The van der Waals surface area contributed by atoms with Crippen LogP contribution in [0.2, 0.25) is 0 Å². The van der Waals surface area contributed by atoms with Crippen molar-refractivity contribution in [3.8, 4) is 5.75 Å². The summed E-state index contributed by atoms with van der Waals surface area (Å²) in [7, 11) is 0. The smallest absolute Gasteiger partial charge is 0.401 e. The zero-order valence-corrected chi connectivity index (χ0v) is 12.0. The third kappa shape index (κ3) is 4.61. The monoisotopic (exact) mass is 302 g/mol. The molecule has 0 radical (unpaired) electrons. The van der Waals surface area contributed by atoms with Gasteiger partial charge in [-0.15, -0.1) is 0 Å². The fraction of sp³-hybridized carbons (Fsp3) is 0.600. The van der Waals surface area contributed by atoms with Crippen molar-refractivity contribution in [2.24, 2.45) is 0 Å². The van der Waals surface area contributed by atoms with Crippen LogP contribution in [-0.4, -0.2) is 41.9 Å². The molecule has 1 fully saturated rings. The maximum Gasteiger partial charge on any atom is 0.401 e. The van der Waals surface area contributed by atoms with E-state index < -0.39 is 12.7 Å². The Hall–Kier alpha value is -1.27. The number of likely N-dealkylation sites (tertiary alicyclic amines) is 1. The van der Waals surface area contributed by atoms with Gasteiger partial charge in [0.15, 0.2) is 0 Å². The highest BCUT2D eigenvalue weighted by Gasteiger charge is 2.34. The molecule has 118 valence electrons. The predicted octanol–water partition coefficient (Wildman–Crippen LogP) is 3.07. The number of alkyl halides is 3. The molecule has 21 heavy (non-hydrogen) atoms. The molecule has 0 bridgehead atoms. The number of halogens is 3. The molecule has 0 spiro atoms. The third-order valence-corrected chi connectivity index (χ3v) is 3.83. The summed E-state index contributed by atoms with van der Waals surface area (Å²) < 4.78 is 37.2. The van der Waals surface area contributed by atoms with Gasteiger partial charge in [0.05, 0.1) is 6.54 Å². The van der Waals surface area contributed by atoms with Crippen molar-refractivity contribution in [2.75, 3.05) is 19.6 Å². The van der Waals surface area contributed by atoms with Gasteiger partial charge in [0.2, 0.25) is 0 Å². The minimum Gasteiger partial charge on any atom is -0.508 e. The first-order valence-electron chi connectivity index (χ1n) is 7.22. The van der Waals surface area contributed by atoms with Crippen LogP contribution in [0.4, 0.5) is 13.2 Å². The molecule has 2 N–H and O–H groups in total. The zero-order chi connectivity index (χ0) is 15.5. The zero-order valence-electron chi connectivity index (χ0n) is 12.0. The highest BCUT2D eigenvalue weighted by molar-refractivity contribution is 5.34. The van der Waals surface area contributed by atoms with E-state index in [4.69, 9.17) is 0 Å². The average molecular weight is 302 g/mol. The fourth-order valence-electron chi connectivity index (χ4n) is 2.86. The van der Waals surface area contributed by atoms with E-state index in [2.05, 4.69) is 5.32 Å². The molecular weight excluding hydrogens is 281 g/mol. The Morgan fingerprint density at radius 1 is 1.38 bits per heavy atom. The van der Waals surface area contributed by atoms with Crippen molar-refractivity contribution in [3.63, 3.8) is 0 Å². The summed E-state index contributed by atoms with van der Waals surface area (Å²) in [6.07, 6.45) is -2.68. The second kappa shape index (κ2) is 6.66. The number of para-hydroxylation sites is 1. The minimum atomic E-state index is -4.14. The predicted molar refractivity (Wildman–Crippen MR) is 75.2 cm³/mol. The number of benzene rings is 1. The molecule has 0 unspecified atom stereocenters. The molecule has 0 saturated carbocycles. The second-order valence-corrected chi connectivity index (χ2v) is 5.52. The summed E-state index contributed by atoms with van der Waals surface area (Å²) in [4.78, 5) is 1.43. The van der Waals surface area contributed by atoms with E-state index in [-0.39, 0.29) is 17.8 Å². The summed E-state index contributed by atoms with van der Waals surface area (Å²) in [5.74, 6) is 0.224. The van der Waals surface area contributed by atoms with E-state index in [9.17, 15) is 18.3 Å². The van der Waals surface area contributed by atoms with Crippen LogP contribution in [0.15, 0.2) is 24.3 Å². The van der Waals surface area contributed by atoms with Gasteiger partial charge in [-0.25, -0.2) is 0 Å². The molecule has 1 aromatic carbocycles. The molecule has 0 amide bonds. The summed E-state index contributed by atoms with van der Waals surface area (Å²) in [6, 6.07) is 7.07. The third-order valence-electron chi connectivity index (χ3n) is 3.83. The van der Waals surface area contributed by atoms with Gasteiger partial charge in [-0.1, -0.05) is 25.1 Å². The summed E-state index contributed by atoms with van der Waals surface area (Å²) in [5.41, 5.74) is 0.800. The first-order chi connectivity index (χ1) is 9.89. The molecule has 0 aromatic heterocycles. The highest BCUT2D eigenvalue weighted by Crippen LogP contribution is 2.28. The van der Waals surface area contributed by atoms with Crippen LogP contribution in [0.3, 0.4) is 0 Å². The number of hydrogen-bond donors (Lipinski definition) is 2. The minimum absolute atomic E-state index is 0.0249. The van der Waals surface area contributed by atoms with Crippen LogP contribution in [-0.2, 0) is 0 Å². The molecular formula is C15H21F3N2O. The maximum atomic E-state index is 12.4. The number of hydrogen-bond acceptors (Lipinski definition) is 3. The maximum absolute atomic E-state index is 12.4. The Morgan fingerprint density at radius 2 is 2.10 bits per heavy atom. The van der Waals surface area contributed by atoms with Gasteiger partial charge in [-0.05, 0) is 18.9 Å². The summed E-state index contributed by atoms with van der Waals surface area (Å²) in [6.45, 7) is 1.99. The van der Waals surface area contributed by atoms with E-state index in [1.165, 1.54) is 4.90 Å². The van der Waals surface area contributed by atoms with Crippen LogP contribution in [0, 0.1) is 0 Å². The molecule has 0 aliphatic carbocycles. The quantitative estimate of drug-likeness (QED) is 0.877. The Balaban J connectivity index is 1.93. The number of rotatable bonds is 5. The van der Waals surface area contributed by atoms with Crippen molar-refractivity contribution < 1.29 is 18.3 Å². The van der Waals surface area contributed by atoms with Gasteiger partial charge in [0.25, 0.3) is 0 Å². The topological polar surface area (TPSA) is 35.5 Å². The van der Waals surface area contributed by atoms with E-state index in [1.54, 1.807) is 12.1 Å². The van der Waals surface area contributed by atoms with Crippen LogP contribution < -0.4 is 5.32 Å². The number of aromatic hydroxyl groups is 1. The first-order valence-corrected chi connectivity index (χ1v) is 7.22. The second-order valence-electron chi connectivity index (χ2n) is 5.52. The summed E-state index contributed by atoms with van der Waals surface area (Å²) in [5, 5.41) is 13.3. The molecule has 1 saturated heterocycles. The summed E-state index contributed by atoms with van der Waals surface area (Å²) >= 11 is 0. The average Bonchev–Trinajstić information content (AvgIpc) is 2.82. The van der Waals surface area contributed by atoms with Gasteiger partial charge in [0.1, 0.15) is 5.75 Å². The Morgan fingerprint density at radius 3 is 2.71 bits per heavy atom. The van der Waals surface area contributed by atoms with Gasteiger partial charge < -0.3 is 10.4 Å².